The van der Waals surface area contributed by atoms with Crippen LogP contribution in [0, 0.1) is 6.92 Å². The maximum atomic E-state index is 12.9. The van der Waals surface area contributed by atoms with Crippen LogP contribution in [0.15, 0.2) is 53.4 Å². The first kappa shape index (κ1) is 22.9. The lowest BCUT2D eigenvalue weighted by atomic mass is 10.0. The Hall–Kier alpha value is -2.38. The first-order chi connectivity index (χ1) is 13.8. The Morgan fingerprint density at radius 2 is 1.72 bits per heavy atom. The van der Waals surface area contributed by atoms with Crippen molar-refractivity contribution < 1.29 is 17.9 Å². The molecule has 6 nitrogen and oxygen atoms in total. The zero-order valence-electron chi connectivity index (χ0n) is 17.5. The molecule has 0 aliphatic rings. The third-order valence-corrected chi connectivity index (χ3v) is 6.29. The number of ether oxygens (including phenoxy) is 1. The molecule has 29 heavy (non-hydrogen) atoms. The Labute approximate surface area is 173 Å². The predicted molar refractivity (Wildman–Crippen MR) is 114 cm³/mol. The normalized spacial score (nSPS) is 12.4. The monoisotopic (exact) mass is 418 g/mol. The van der Waals surface area contributed by atoms with Crippen molar-refractivity contribution in [1.82, 2.24) is 9.62 Å². The van der Waals surface area contributed by atoms with Crippen LogP contribution in [-0.4, -0.2) is 39.9 Å². The Morgan fingerprint density at radius 3 is 2.28 bits per heavy atom. The first-order valence-corrected chi connectivity index (χ1v) is 11.2. The van der Waals surface area contributed by atoms with E-state index in [1.807, 2.05) is 6.92 Å². The van der Waals surface area contributed by atoms with Crippen LogP contribution in [0.25, 0.3) is 0 Å². The number of hydrogen-bond acceptors (Lipinski definition) is 4. The minimum absolute atomic E-state index is 0.0393. The second-order valence-corrected chi connectivity index (χ2v) is 8.85. The molecule has 0 fully saturated rings. The van der Waals surface area contributed by atoms with Crippen LogP contribution in [0.2, 0.25) is 0 Å². The number of carbonyl (C=O) groups excluding carboxylic acids is 1. The summed E-state index contributed by atoms with van der Waals surface area (Å²) in [6, 6.07) is 13.0. The van der Waals surface area contributed by atoms with Crippen LogP contribution in [0.3, 0.4) is 0 Å². The molecule has 1 N–H and O–H groups in total. The highest BCUT2D eigenvalue weighted by atomic mass is 32.2. The number of sulfonamides is 1. The average molecular weight is 419 g/mol. The SMILES string of the molecule is CCCCN(C)C(=O)C[C@@H](NS(=O)(=O)c1ccc(C)cc1)c1ccc(OC)cc1. The lowest BCUT2D eigenvalue weighted by Gasteiger charge is -2.23. The molecule has 0 heterocycles. The fourth-order valence-electron chi connectivity index (χ4n) is 2.89. The molecule has 0 radical (unpaired) electrons. The molecule has 2 rings (SSSR count). The van der Waals surface area contributed by atoms with E-state index in [1.165, 1.54) is 0 Å². The van der Waals surface area contributed by atoms with Crippen molar-refractivity contribution in [2.75, 3.05) is 20.7 Å². The van der Waals surface area contributed by atoms with Crippen LogP contribution >= 0.6 is 0 Å². The van der Waals surface area contributed by atoms with Gasteiger partial charge < -0.3 is 9.64 Å². The summed E-state index contributed by atoms with van der Waals surface area (Å²) in [5.74, 6) is 0.561. The third kappa shape index (κ3) is 6.58. The van der Waals surface area contributed by atoms with Crippen LogP contribution in [0.4, 0.5) is 0 Å². The summed E-state index contributed by atoms with van der Waals surface area (Å²) in [5, 5.41) is 0. The highest BCUT2D eigenvalue weighted by molar-refractivity contribution is 7.89. The molecular weight excluding hydrogens is 388 g/mol. The number of hydrogen-bond donors (Lipinski definition) is 1. The van der Waals surface area contributed by atoms with E-state index < -0.39 is 16.1 Å². The summed E-state index contributed by atoms with van der Waals surface area (Å²) >= 11 is 0. The number of benzene rings is 2. The molecule has 0 saturated carbocycles. The summed E-state index contributed by atoms with van der Waals surface area (Å²) in [7, 11) is -0.465. The molecule has 7 heteroatoms. The number of nitrogens with one attached hydrogen (secondary N) is 1. The smallest absolute Gasteiger partial charge is 0.241 e. The number of aryl methyl sites for hydroxylation is 1. The predicted octanol–water partition coefficient (Wildman–Crippen LogP) is 3.67. The highest BCUT2D eigenvalue weighted by Crippen LogP contribution is 2.24. The molecule has 0 spiro atoms. The van der Waals surface area contributed by atoms with E-state index in [9.17, 15) is 13.2 Å². The molecular formula is C22H30N2O4S. The maximum Gasteiger partial charge on any atom is 0.241 e. The lowest BCUT2D eigenvalue weighted by Crippen LogP contribution is -2.35. The van der Waals surface area contributed by atoms with Crippen molar-refractivity contribution in [3.63, 3.8) is 0 Å². The standard InChI is InChI=1S/C22H30N2O4S/c1-5-6-15-24(3)22(25)16-21(18-9-11-19(28-4)12-10-18)23-29(26,27)20-13-7-17(2)8-14-20/h7-14,21,23H,5-6,15-16H2,1-4H3/t21-/m1/s1. The van der Waals surface area contributed by atoms with Crippen molar-refractivity contribution >= 4 is 15.9 Å². The minimum Gasteiger partial charge on any atom is -0.497 e. The molecule has 0 unspecified atom stereocenters. The molecule has 0 saturated heterocycles. The summed E-state index contributed by atoms with van der Waals surface area (Å²) in [6.45, 7) is 4.61. The number of methoxy groups -OCH3 is 1. The second-order valence-electron chi connectivity index (χ2n) is 7.13. The van der Waals surface area contributed by atoms with Crippen molar-refractivity contribution in [3.8, 4) is 5.75 Å². The molecule has 1 atom stereocenters. The molecule has 0 aliphatic carbocycles. The second kappa shape index (κ2) is 10.4. The number of amides is 1. The molecule has 158 valence electrons. The van der Waals surface area contributed by atoms with E-state index in [4.69, 9.17) is 4.74 Å². The Balaban J connectivity index is 2.28. The van der Waals surface area contributed by atoms with Gasteiger partial charge in [-0.2, -0.15) is 0 Å². The summed E-state index contributed by atoms with van der Waals surface area (Å²) in [5.41, 5.74) is 1.68. The van der Waals surface area contributed by atoms with Crippen LogP contribution in [-0.2, 0) is 14.8 Å². The Kier molecular flexibility index (Phi) is 8.22. The molecule has 2 aromatic rings. The third-order valence-electron chi connectivity index (χ3n) is 4.80. The summed E-state index contributed by atoms with van der Waals surface area (Å²) < 4.78 is 33.7. The molecule has 1 amide bonds. The van der Waals surface area contributed by atoms with Gasteiger partial charge in [0.25, 0.3) is 0 Å². The quantitative estimate of drug-likeness (QED) is 0.639. The van der Waals surface area contributed by atoms with E-state index in [0.717, 1.165) is 18.4 Å². The lowest BCUT2D eigenvalue weighted by molar-refractivity contribution is -0.130. The first-order valence-electron chi connectivity index (χ1n) is 9.73. The average Bonchev–Trinajstić information content (AvgIpc) is 2.71. The fourth-order valence-corrected chi connectivity index (χ4v) is 4.11. The van der Waals surface area contributed by atoms with E-state index in [0.29, 0.717) is 17.9 Å². The number of unbranched alkanes of at least 4 members (excludes halogenated alkanes) is 1. The van der Waals surface area contributed by atoms with Gasteiger partial charge in [0, 0.05) is 20.0 Å². The van der Waals surface area contributed by atoms with Gasteiger partial charge in [0.05, 0.1) is 18.0 Å². The van der Waals surface area contributed by atoms with Crippen molar-refractivity contribution in [3.05, 3.63) is 59.7 Å². The van der Waals surface area contributed by atoms with E-state index >= 15 is 0 Å². The summed E-state index contributed by atoms with van der Waals surface area (Å²) in [6.07, 6.45) is 1.93. The van der Waals surface area contributed by atoms with Gasteiger partial charge in [-0.25, -0.2) is 13.1 Å². The largest absolute Gasteiger partial charge is 0.497 e. The maximum absolute atomic E-state index is 12.9. The van der Waals surface area contributed by atoms with Crippen molar-refractivity contribution in [2.45, 2.75) is 44.0 Å². The van der Waals surface area contributed by atoms with Gasteiger partial charge in [-0.05, 0) is 43.2 Å². The van der Waals surface area contributed by atoms with E-state index in [1.54, 1.807) is 67.6 Å². The van der Waals surface area contributed by atoms with Crippen molar-refractivity contribution in [2.24, 2.45) is 0 Å². The fraction of sp³-hybridized carbons (Fsp3) is 0.409. The minimum atomic E-state index is -3.78. The van der Waals surface area contributed by atoms with Gasteiger partial charge in [0.2, 0.25) is 15.9 Å². The van der Waals surface area contributed by atoms with Gasteiger partial charge >= 0.3 is 0 Å². The number of carbonyl (C=O) groups is 1. The zero-order chi connectivity index (χ0) is 21.4. The van der Waals surface area contributed by atoms with Gasteiger partial charge in [0.1, 0.15) is 5.75 Å². The molecule has 0 aliphatic heterocycles. The molecule has 2 aromatic carbocycles. The van der Waals surface area contributed by atoms with Gasteiger partial charge in [-0.3, -0.25) is 4.79 Å². The van der Waals surface area contributed by atoms with Gasteiger partial charge in [0.15, 0.2) is 0 Å². The van der Waals surface area contributed by atoms with Gasteiger partial charge in [-0.15, -0.1) is 0 Å². The Morgan fingerprint density at radius 1 is 1.10 bits per heavy atom. The molecule has 0 bridgehead atoms. The highest BCUT2D eigenvalue weighted by Gasteiger charge is 2.25. The Bertz CT molecular complexity index is 893. The number of nitrogens with zero attached hydrogens (tertiary/aromatic N) is 1. The van der Waals surface area contributed by atoms with Crippen LogP contribution in [0.1, 0.15) is 43.4 Å². The van der Waals surface area contributed by atoms with E-state index in [2.05, 4.69) is 11.6 Å². The van der Waals surface area contributed by atoms with Crippen molar-refractivity contribution in [1.29, 1.82) is 0 Å². The topological polar surface area (TPSA) is 75.7 Å². The molecule has 0 aromatic heterocycles. The number of rotatable bonds is 10. The zero-order valence-corrected chi connectivity index (χ0v) is 18.3. The summed E-state index contributed by atoms with van der Waals surface area (Å²) in [4.78, 5) is 14.5. The van der Waals surface area contributed by atoms with Crippen LogP contribution in [0.5, 0.6) is 5.75 Å². The van der Waals surface area contributed by atoms with E-state index in [-0.39, 0.29) is 17.2 Å². The van der Waals surface area contributed by atoms with Crippen LogP contribution < -0.4 is 9.46 Å². The van der Waals surface area contributed by atoms with Gasteiger partial charge in [-0.1, -0.05) is 43.2 Å².